The smallest absolute Gasteiger partial charge is 0.257 e. The standard InChI is InChI=1S/C23H27N5O2S/c1-14(2)28-21-18(13-24-28)12-19(16(4)25-21)22(29)26-20-6-5-17(11-15(20)3)23(30)27-7-9-31-10-8-27/h5-6,11-14H,7-10H2,1-4H3,(H,26,29). The molecular weight excluding hydrogens is 410 g/mol. The van der Waals surface area contributed by atoms with E-state index in [1.165, 1.54) is 0 Å². The van der Waals surface area contributed by atoms with Crippen LogP contribution in [0.15, 0.2) is 30.5 Å². The van der Waals surface area contributed by atoms with Crippen LogP contribution in [-0.4, -0.2) is 56.1 Å². The lowest BCUT2D eigenvalue weighted by molar-refractivity contribution is 0.0772. The van der Waals surface area contributed by atoms with Crippen LogP contribution < -0.4 is 5.32 Å². The van der Waals surface area contributed by atoms with E-state index < -0.39 is 0 Å². The maximum absolute atomic E-state index is 13.0. The molecule has 2 amide bonds. The molecule has 0 unspecified atom stereocenters. The fourth-order valence-electron chi connectivity index (χ4n) is 3.75. The first kappa shape index (κ1) is 21.4. The number of hydrogen-bond donors (Lipinski definition) is 1. The Labute approximate surface area is 186 Å². The minimum atomic E-state index is -0.223. The zero-order valence-electron chi connectivity index (χ0n) is 18.3. The van der Waals surface area contributed by atoms with Gasteiger partial charge >= 0.3 is 0 Å². The van der Waals surface area contributed by atoms with Gasteiger partial charge < -0.3 is 10.2 Å². The number of thioether (sulfide) groups is 1. The Morgan fingerprint density at radius 2 is 1.87 bits per heavy atom. The van der Waals surface area contributed by atoms with Gasteiger partial charge in [0, 0.05) is 47.3 Å². The van der Waals surface area contributed by atoms with E-state index in [2.05, 4.69) is 15.4 Å². The van der Waals surface area contributed by atoms with Gasteiger partial charge in [0.2, 0.25) is 0 Å². The van der Waals surface area contributed by atoms with Crippen LogP contribution in [0, 0.1) is 13.8 Å². The van der Waals surface area contributed by atoms with Gasteiger partial charge in [0.25, 0.3) is 11.8 Å². The van der Waals surface area contributed by atoms with Gasteiger partial charge in [-0.25, -0.2) is 9.67 Å². The molecule has 8 heteroatoms. The molecule has 0 aliphatic carbocycles. The van der Waals surface area contributed by atoms with Crippen molar-refractivity contribution >= 4 is 40.3 Å². The molecule has 0 atom stereocenters. The second-order valence-corrected chi connectivity index (χ2v) is 9.33. The average Bonchev–Trinajstić information content (AvgIpc) is 3.17. The summed E-state index contributed by atoms with van der Waals surface area (Å²) in [6, 6.07) is 7.46. The summed E-state index contributed by atoms with van der Waals surface area (Å²) in [7, 11) is 0. The topological polar surface area (TPSA) is 80.1 Å². The van der Waals surface area contributed by atoms with Crippen molar-refractivity contribution in [2.45, 2.75) is 33.7 Å². The summed E-state index contributed by atoms with van der Waals surface area (Å²) in [6.07, 6.45) is 1.74. The molecule has 1 N–H and O–H groups in total. The normalized spacial score (nSPS) is 14.3. The van der Waals surface area contributed by atoms with Crippen molar-refractivity contribution in [3.8, 4) is 0 Å². The van der Waals surface area contributed by atoms with E-state index in [0.717, 1.165) is 41.2 Å². The van der Waals surface area contributed by atoms with Crippen molar-refractivity contribution in [3.63, 3.8) is 0 Å². The van der Waals surface area contributed by atoms with Gasteiger partial charge in [-0.15, -0.1) is 0 Å². The number of nitrogens with zero attached hydrogens (tertiary/aromatic N) is 4. The first-order valence-corrected chi connectivity index (χ1v) is 11.6. The number of hydrogen-bond acceptors (Lipinski definition) is 5. The summed E-state index contributed by atoms with van der Waals surface area (Å²) in [4.78, 5) is 32.2. The molecule has 0 bridgehead atoms. The predicted molar refractivity (Wildman–Crippen MR) is 125 cm³/mol. The molecule has 1 aromatic carbocycles. The second kappa shape index (κ2) is 8.70. The van der Waals surface area contributed by atoms with Crippen LogP contribution >= 0.6 is 11.8 Å². The van der Waals surface area contributed by atoms with E-state index in [0.29, 0.717) is 22.5 Å². The summed E-state index contributed by atoms with van der Waals surface area (Å²) >= 11 is 1.87. The Bertz CT molecular complexity index is 1150. The Morgan fingerprint density at radius 1 is 1.13 bits per heavy atom. The molecule has 3 aromatic rings. The maximum atomic E-state index is 13.0. The van der Waals surface area contributed by atoms with Gasteiger partial charge in [0.1, 0.15) is 0 Å². The lowest BCUT2D eigenvalue weighted by Crippen LogP contribution is -2.37. The predicted octanol–water partition coefficient (Wildman–Crippen LogP) is 4.07. The van der Waals surface area contributed by atoms with E-state index in [9.17, 15) is 9.59 Å². The maximum Gasteiger partial charge on any atom is 0.257 e. The number of rotatable bonds is 4. The molecule has 1 saturated heterocycles. The highest BCUT2D eigenvalue weighted by Crippen LogP contribution is 2.23. The molecule has 1 fully saturated rings. The SMILES string of the molecule is Cc1cc(C(=O)N2CCSCC2)ccc1NC(=O)c1cc2cnn(C(C)C)c2nc1C. The molecular formula is C23H27N5O2S. The van der Waals surface area contributed by atoms with Crippen LogP contribution in [0.5, 0.6) is 0 Å². The molecule has 7 nitrogen and oxygen atoms in total. The molecule has 0 radical (unpaired) electrons. The second-order valence-electron chi connectivity index (χ2n) is 8.11. The number of pyridine rings is 1. The molecule has 2 aromatic heterocycles. The number of carbonyl (C=O) groups excluding carboxylic acids is 2. The highest BCUT2D eigenvalue weighted by atomic mass is 32.2. The molecule has 4 rings (SSSR count). The molecule has 1 aliphatic rings. The number of fused-ring (bicyclic) bond motifs is 1. The first-order valence-electron chi connectivity index (χ1n) is 10.5. The lowest BCUT2D eigenvalue weighted by Gasteiger charge is -2.26. The van der Waals surface area contributed by atoms with Crippen LogP contribution in [0.4, 0.5) is 5.69 Å². The van der Waals surface area contributed by atoms with Crippen LogP contribution in [0.1, 0.15) is 51.9 Å². The highest BCUT2D eigenvalue weighted by molar-refractivity contribution is 7.99. The number of anilines is 1. The zero-order valence-corrected chi connectivity index (χ0v) is 19.1. The van der Waals surface area contributed by atoms with Crippen molar-refractivity contribution < 1.29 is 9.59 Å². The third-order valence-corrected chi connectivity index (χ3v) is 6.46. The summed E-state index contributed by atoms with van der Waals surface area (Å²) in [5.74, 6) is 1.78. The lowest BCUT2D eigenvalue weighted by atomic mass is 10.1. The largest absolute Gasteiger partial charge is 0.337 e. The van der Waals surface area contributed by atoms with Crippen LogP contribution in [0.3, 0.4) is 0 Å². The van der Waals surface area contributed by atoms with Crippen molar-refractivity contribution in [1.29, 1.82) is 0 Å². The number of carbonyl (C=O) groups is 2. The van der Waals surface area contributed by atoms with Crippen molar-refractivity contribution in [2.24, 2.45) is 0 Å². The Balaban J connectivity index is 1.54. The molecule has 31 heavy (non-hydrogen) atoms. The third kappa shape index (κ3) is 4.30. The Hall–Kier alpha value is -2.87. The molecule has 1 aliphatic heterocycles. The van der Waals surface area contributed by atoms with Crippen molar-refractivity contribution in [3.05, 3.63) is 52.8 Å². The number of amides is 2. The Kier molecular flexibility index (Phi) is 6.00. The van der Waals surface area contributed by atoms with E-state index in [1.807, 2.05) is 61.2 Å². The quantitative estimate of drug-likeness (QED) is 0.666. The molecule has 162 valence electrons. The summed E-state index contributed by atoms with van der Waals surface area (Å²) in [5.41, 5.74) is 4.14. The van der Waals surface area contributed by atoms with Crippen molar-refractivity contribution in [2.75, 3.05) is 29.9 Å². The number of aryl methyl sites for hydroxylation is 2. The van der Waals surface area contributed by atoms with Gasteiger partial charge in [-0.05, 0) is 57.5 Å². The van der Waals surface area contributed by atoms with Crippen molar-refractivity contribution in [1.82, 2.24) is 19.7 Å². The fourth-order valence-corrected chi connectivity index (χ4v) is 4.65. The van der Waals surface area contributed by atoms with Crippen LogP contribution in [0.2, 0.25) is 0 Å². The van der Waals surface area contributed by atoms with Crippen LogP contribution in [0.25, 0.3) is 11.0 Å². The first-order chi connectivity index (χ1) is 14.8. The Morgan fingerprint density at radius 3 is 2.55 bits per heavy atom. The number of nitrogens with one attached hydrogen (secondary N) is 1. The summed E-state index contributed by atoms with van der Waals surface area (Å²) < 4.78 is 1.85. The van der Waals surface area contributed by atoms with Gasteiger partial charge in [-0.2, -0.15) is 16.9 Å². The third-order valence-electron chi connectivity index (χ3n) is 5.51. The number of aromatic nitrogens is 3. The summed E-state index contributed by atoms with van der Waals surface area (Å²) in [5, 5.41) is 8.19. The molecule has 0 saturated carbocycles. The average molecular weight is 438 g/mol. The fraction of sp³-hybridized carbons (Fsp3) is 0.391. The van der Waals surface area contributed by atoms with Crippen LogP contribution in [-0.2, 0) is 0 Å². The minimum absolute atomic E-state index is 0.0499. The highest BCUT2D eigenvalue weighted by Gasteiger charge is 2.20. The van der Waals surface area contributed by atoms with Gasteiger partial charge in [-0.1, -0.05) is 0 Å². The van der Waals surface area contributed by atoms with Gasteiger partial charge in [0.15, 0.2) is 5.65 Å². The van der Waals surface area contributed by atoms with E-state index in [4.69, 9.17) is 0 Å². The van der Waals surface area contributed by atoms with E-state index >= 15 is 0 Å². The summed E-state index contributed by atoms with van der Waals surface area (Å²) in [6.45, 7) is 9.39. The monoisotopic (exact) mass is 437 g/mol. The van der Waals surface area contributed by atoms with Gasteiger partial charge in [0.05, 0.1) is 17.5 Å². The van der Waals surface area contributed by atoms with E-state index in [1.54, 1.807) is 18.3 Å². The van der Waals surface area contributed by atoms with E-state index in [-0.39, 0.29) is 17.9 Å². The minimum Gasteiger partial charge on any atom is -0.337 e. The molecule has 3 heterocycles. The zero-order chi connectivity index (χ0) is 22.1. The van der Waals surface area contributed by atoms with Gasteiger partial charge in [-0.3, -0.25) is 9.59 Å². The molecule has 0 spiro atoms. The number of benzene rings is 1.